The Morgan fingerprint density at radius 3 is 2.67 bits per heavy atom. The highest BCUT2D eigenvalue weighted by molar-refractivity contribution is 9.10. The van der Waals surface area contributed by atoms with Gasteiger partial charge in [0.05, 0.1) is 11.2 Å². The number of aromatic nitrogens is 2. The van der Waals surface area contributed by atoms with E-state index in [1.54, 1.807) is 6.07 Å². The molecule has 1 aromatic heterocycles. The summed E-state index contributed by atoms with van der Waals surface area (Å²) in [6.45, 7) is -1.04. The summed E-state index contributed by atoms with van der Waals surface area (Å²) in [6, 6.07) is 5.38. The molecule has 0 N–H and O–H groups in total. The molecule has 2 aromatic rings. The van der Waals surface area contributed by atoms with Crippen LogP contribution in [0.4, 0.5) is 13.2 Å². The normalized spacial score (nSPS) is 16.4. The highest BCUT2D eigenvalue weighted by Gasteiger charge is 2.33. The van der Waals surface area contributed by atoms with E-state index >= 15 is 0 Å². The zero-order chi connectivity index (χ0) is 12.9. The van der Waals surface area contributed by atoms with Gasteiger partial charge in [-0.15, -0.1) is 0 Å². The second-order valence-corrected chi connectivity index (χ2v) is 5.51. The van der Waals surface area contributed by atoms with Crippen molar-refractivity contribution < 1.29 is 13.2 Å². The number of benzene rings is 1. The lowest BCUT2D eigenvalue weighted by atomic mass is 10.1. The number of alkyl halides is 3. The Morgan fingerprint density at radius 1 is 1.33 bits per heavy atom. The van der Waals surface area contributed by atoms with E-state index in [-0.39, 0.29) is 0 Å². The first-order valence-corrected chi connectivity index (χ1v) is 6.46. The fourth-order valence-electron chi connectivity index (χ4n) is 2.12. The van der Waals surface area contributed by atoms with Crippen molar-refractivity contribution in [1.29, 1.82) is 0 Å². The molecule has 1 fully saturated rings. The molecule has 0 aliphatic heterocycles. The number of halogens is 4. The topological polar surface area (TPSA) is 17.8 Å². The van der Waals surface area contributed by atoms with Gasteiger partial charge in [0.15, 0.2) is 0 Å². The fourth-order valence-corrected chi connectivity index (χ4v) is 2.47. The van der Waals surface area contributed by atoms with Crippen LogP contribution in [0.15, 0.2) is 22.7 Å². The Hall–Kier alpha value is -1.04. The van der Waals surface area contributed by atoms with Crippen molar-refractivity contribution in [3.63, 3.8) is 0 Å². The third-order valence-corrected chi connectivity index (χ3v) is 3.53. The van der Waals surface area contributed by atoms with E-state index in [2.05, 4.69) is 21.0 Å². The van der Waals surface area contributed by atoms with Gasteiger partial charge in [-0.2, -0.15) is 18.3 Å². The quantitative estimate of drug-likeness (QED) is 0.810. The molecule has 1 aliphatic carbocycles. The summed E-state index contributed by atoms with van der Waals surface area (Å²) in [5.41, 5.74) is 1.35. The number of rotatable bonds is 2. The first-order chi connectivity index (χ1) is 8.44. The third-order valence-electron chi connectivity index (χ3n) is 3.04. The predicted octanol–water partition coefficient (Wildman–Crippen LogP) is 4.24. The molecule has 0 spiro atoms. The number of hydrogen-bond donors (Lipinski definition) is 0. The average molecular weight is 319 g/mol. The van der Waals surface area contributed by atoms with E-state index in [4.69, 9.17) is 0 Å². The monoisotopic (exact) mass is 318 g/mol. The van der Waals surface area contributed by atoms with Crippen molar-refractivity contribution in [1.82, 2.24) is 9.78 Å². The molecule has 0 atom stereocenters. The number of fused-ring (bicyclic) bond motifs is 1. The SMILES string of the molecule is FC(F)(F)Cn1nc(C2CC2)c2ccc(Br)cc21. The van der Waals surface area contributed by atoms with Crippen LogP contribution in [0.3, 0.4) is 0 Å². The van der Waals surface area contributed by atoms with E-state index in [0.717, 1.165) is 33.1 Å². The molecule has 1 heterocycles. The molecule has 96 valence electrons. The van der Waals surface area contributed by atoms with E-state index in [9.17, 15) is 13.2 Å². The Kier molecular flexibility index (Phi) is 2.66. The molecule has 1 aromatic carbocycles. The molecule has 2 nitrogen and oxygen atoms in total. The minimum Gasteiger partial charge on any atom is -0.255 e. The summed E-state index contributed by atoms with van der Waals surface area (Å²) in [7, 11) is 0. The Morgan fingerprint density at radius 2 is 2.06 bits per heavy atom. The fraction of sp³-hybridized carbons (Fsp3) is 0.417. The van der Waals surface area contributed by atoms with Gasteiger partial charge in [0.2, 0.25) is 0 Å². The standard InChI is InChI=1S/C12H10BrF3N2/c13-8-3-4-9-10(5-8)18(6-12(14,15)16)17-11(9)7-1-2-7/h3-5,7H,1-2,6H2. The van der Waals surface area contributed by atoms with Crippen LogP contribution in [-0.4, -0.2) is 16.0 Å². The van der Waals surface area contributed by atoms with E-state index in [1.165, 1.54) is 0 Å². The van der Waals surface area contributed by atoms with Gasteiger partial charge in [0, 0.05) is 15.8 Å². The summed E-state index contributed by atoms with van der Waals surface area (Å²) in [4.78, 5) is 0. The van der Waals surface area contributed by atoms with Crippen LogP contribution in [0.25, 0.3) is 10.9 Å². The lowest BCUT2D eigenvalue weighted by molar-refractivity contribution is -0.141. The highest BCUT2D eigenvalue weighted by Crippen LogP contribution is 2.43. The maximum absolute atomic E-state index is 12.5. The Balaban J connectivity index is 2.14. The zero-order valence-corrected chi connectivity index (χ0v) is 10.9. The summed E-state index contributed by atoms with van der Waals surface area (Å²) >= 11 is 3.29. The molecule has 0 unspecified atom stereocenters. The van der Waals surface area contributed by atoms with Gasteiger partial charge in [-0.25, -0.2) is 0 Å². The summed E-state index contributed by atoms with van der Waals surface area (Å²) in [5, 5.41) is 4.99. The average Bonchev–Trinajstić information content (AvgIpc) is 3.03. The molecule has 18 heavy (non-hydrogen) atoms. The highest BCUT2D eigenvalue weighted by atomic mass is 79.9. The second-order valence-electron chi connectivity index (χ2n) is 4.59. The van der Waals surface area contributed by atoms with E-state index in [0.29, 0.717) is 11.4 Å². The van der Waals surface area contributed by atoms with Crippen LogP contribution in [-0.2, 0) is 6.54 Å². The zero-order valence-electron chi connectivity index (χ0n) is 9.34. The maximum Gasteiger partial charge on any atom is 0.408 e. The molecule has 1 aliphatic rings. The van der Waals surface area contributed by atoms with Gasteiger partial charge >= 0.3 is 6.18 Å². The van der Waals surface area contributed by atoms with Crippen molar-refractivity contribution in [3.8, 4) is 0 Å². The van der Waals surface area contributed by atoms with Crippen molar-refractivity contribution in [3.05, 3.63) is 28.4 Å². The Bertz CT molecular complexity index is 599. The van der Waals surface area contributed by atoms with Crippen LogP contribution in [0, 0.1) is 0 Å². The molecule has 1 saturated carbocycles. The second kappa shape index (κ2) is 3.98. The van der Waals surface area contributed by atoms with E-state index in [1.807, 2.05) is 12.1 Å². The minimum atomic E-state index is -4.25. The van der Waals surface area contributed by atoms with Crippen LogP contribution in [0.2, 0.25) is 0 Å². The summed E-state index contributed by atoms with van der Waals surface area (Å²) < 4.78 is 39.4. The van der Waals surface area contributed by atoms with Gasteiger partial charge in [0.1, 0.15) is 6.54 Å². The number of nitrogens with zero attached hydrogens (tertiary/aromatic N) is 2. The molecule has 0 bridgehead atoms. The van der Waals surface area contributed by atoms with Gasteiger partial charge in [0.25, 0.3) is 0 Å². The van der Waals surface area contributed by atoms with Gasteiger partial charge in [-0.1, -0.05) is 15.9 Å². The van der Waals surface area contributed by atoms with Crippen LogP contribution in [0.1, 0.15) is 24.5 Å². The van der Waals surface area contributed by atoms with Crippen molar-refractivity contribution in [2.45, 2.75) is 31.5 Å². The van der Waals surface area contributed by atoms with Crippen LogP contribution < -0.4 is 0 Å². The van der Waals surface area contributed by atoms with Crippen LogP contribution >= 0.6 is 15.9 Å². The molecular formula is C12H10BrF3N2. The van der Waals surface area contributed by atoms with Gasteiger partial charge < -0.3 is 0 Å². The Labute approximate surface area is 110 Å². The van der Waals surface area contributed by atoms with Gasteiger partial charge in [-0.3, -0.25) is 4.68 Å². The summed E-state index contributed by atoms with van der Waals surface area (Å²) in [5.74, 6) is 0.336. The van der Waals surface area contributed by atoms with Gasteiger partial charge in [-0.05, 0) is 31.0 Å². The molecular weight excluding hydrogens is 309 g/mol. The van der Waals surface area contributed by atoms with Crippen molar-refractivity contribution in [2.75, 3.05) is 0 Å². The van der Waals surface area contributed by atoms with Crippen molar-refractivity contribution >= 4 is 26.8 Å². The third kappa shape index (κ3) is 2.25. The molecule has 0 saturated heterocycles. The first-order valence-electron chi connectivity index (χ1n) is 5.67. The molecule has 0 radical (unpaired) electrons. The minimum absolute atomic E-state index is 0.336. The molecule has 6 heteroatoms. The van der Waals surface area contributed by atoms with Crippen molar-refractivity contribution in [2.24, 2.45) is 0 Å². The molecule has 3 rings (SSSR count). The lowest BCUT2D eigenvalue weighted by Crippen LogP contribution is -2.18. The largest absolute Gasteiger partial charge is 0.408 e. The summed E-state index contributed by atoms with van der Waals surface area (Å²) in [6.07, 6.45) is -2.20. The maximum atomic E-state index is 12.5. The smallest absolute Gasteiger partial charge is 0.255 e. The number of hydrogen-bond acceptors (Lipinski definition) is 1. The first kappa shape index (κ1) is 12.0. The van der Waals surface area contributed by atoms with Crippen LogP contribution in [0.5, 0.6) is 0 Å². The van der Waals surface area contributed by atoms with E-state index < -0.39 is 12.7 Å². The molecule has 0 amide bonds. The predicted molar refractivity (Wildman–Crippen MR) is 65.5 cm³/mol. The lowest BCUT2D eigenvalue weighted by Gasteiger charge is -2.07.